The smallest absolute Gasteiger partial charge is 0.312 e. The number of carbonyl (C=O) groups excluding carboxylic acids is 1. The molecule has 0 radical (unpaired) electrons. The lowest BCUT2D eigenvalue weighted by Crippen LogP contribution is -1.96. The number of halogens is 1. The average Bonchev–Trinajstić information content (AvgIpc) is 2.49. The van der Waals surface area contributed by atoms with Crippen molar-refractivity contribution in [2.45, 2.75) is 0 Å². The average molecular weight is 347 g/mol. The molecule has 21 heavy (non-hydrogen) atoms. The van der Waals surface area contributed by atoms with E-state index in [4.69, 9.17) is 10.00 Å². The molecule has 2 aromatic rings. The highest BCUT2D eigenvalue weighted by molar-refractivity contribution is 9.10. The molecule has 0 aliphatic rings. The topological polar surface area (TPSA) is 93.2 Å². The van der Waals surface area contributed by atoms with Gasteiger partial charge < -0.3 is 4.74 Å². The van der Waals surface area contributed by atoms with E-state index in [1.807, 2.05) is 6.07 Å². The second-order valence-corrected chi connectivity index (χ2v) is 4.87. The first-order chi connectivity index (χ1) is 10.0. The molecule has 0 fully saturated rings. The normalized spacial score (nSPS) is 9.71. The van der Waals surface area contributed by atoms with Gasteiger partial charge >= 0.3 is 5.69 Å². The number of aldehydes is 1. The third kappa shape index (κ3) is 3.24. The zero-order valence-electron chi connectivity index (χ0n) is 10.4. The first-order valence-corrected chi connectivity index (χ1v) is 6.45. The number of nitro benzene ring substituents is 1. The van der Waals surface area contributed by atoms with Gasteiger partial charge in [0.15, 0.2) is 6.29 Å². The minimum Gasteiger partial charge on any atom is -0.449 e. The molecule has 0 unspecified atom stereocenters. The fraction of sp³-hybridized carbons (Fsp3) is 0. The number of nitro groups is 1. The van der Waals surface area contributed by atoms with Crippen LogP contribution in [0, 0.1) is 21.4 Å². The Kier molecular flexibility index (Phi) is 4.30. The minimum absolute atomic E-state index is 0.0376. The van der Waals surface area contributed by atoms with Gasteiger partial charge in [0.1, 0.15) is 5.75 Å². The number of carbonyl (C=O) groups is 1. The summed E-state index contributed by atoms with van der Waals surface area (Å²) in [6.45, 7) is 0. The first kappa shape index (κ1) is 14.7. The van der Waals surface area contributed by atoms with Crippen molar-refractivity contribution in [3.8, 4) is 17.6 Å². The summed E-state index contributed by atoms with van der Waals surface area (Å²) >= 11 is 3.22. The van der Waals surface area contributed by atoms with E-state index in [1.54, 1.807) is 6.07 Å². The molecule has 0 spiro atoms. The summed E-state index contributed by atoms with van der Waals surface area (Å²) < 4.78 is 6.13. The monoisotopic (exact) mass is 346 g/mol. The summed E-state index contributed by atoms with van der Waals surface area (Å²) in [7, 11) is 0. The van der Waals surface area contributed by atoms with Crippen molar-refractivity contribution in [3.63, 3.8) is 0 Å². The van der Waals surface area contributed by atoms with Crippen molar-refractivity contribution in [3.05, 3.63) is 62.1 Å². The highest BCUT2D eigenvalue weighted by Gasteiger charge is 2.18. The molecule has 0 amide bonds. The maximum atomic E-state index is 11.0. The van der Waals surface area contributed by atoms with Crippen molar-refractivity contribution < 1.29 is 14.5 Å². The molecule has 7 heteroatoms. The zero-order valence-corrected chi connectivity index (χ0v) is 12.0. The Morgan fingerprint density at radius 3 is 2.57 bits per heavy atom. The number of nitrogens with zero attached hydrogens (tertiary/aromatic N) is 2. The molecule has 104 valence electrons. The molecule has 0 aliphatic heterocycles. The molecule has 0 aliphatic carbocycles. The van der Waals surface area contributed by atoms with Crippen LogP contribution >= 0.6 is 15.9 Å². The standard InChI is InChI=1S/C14H7BrN2O4/c15-11-2-4-13(10(6-11)8-18)21-14-3-1-9(7-16)5-12(14)17(19)20/h1-6,8H. The molecule has 2 aromatic carbocycles. The fourth-order valence-corrected chi connectivity index (χ4v) is 2.02. The molecule has 0 atom stereocenters. The van der Waals surface area contributed by atoms with Crippen LogP contribution in [0.5, 0.6) is 11.5 Å². The van der Waals surface area contributed by atoms with Gasteiger partial charge in [-0.25, -0.2) is 0 Å². The molecule has 0 saturated heterocycles. The van der Waals surface area contributed by atoms with Gasteiger partial charge in [-0.2, -0.15) is 5.26 Å². The fourth-order valence-electron chi connectivity index (χ4n) is 1.64. The van der Waals surface area contributed by atoms with E-state index in [-0.39, 0.29) is 28.3 Å². The van der Waals surface area contributed by atoms with Crippen LogP contribution in [0.4, 0.5) is 5.69 Å². The van der Waals surface area contributed by atoms with Crippen LogP contribution in [-0.4, -0.2) is 11.2 Å². The number of rotatable bonds is 4. The SMILES string of the molecule is N#Cc1ccc(Oc2ccc(Br)cc2C=O)c([N+](=O)[O-])c1. The Labute approximate surface area is 127 Å². The van der Waals surface area contributed by atoms with E-state index >= 15 is 0 Å². The molecule has 2 rings (SSSR count). The first-order valence-electron chi connectivity index (χ1n) is 5.66. The lowest BCUT2D eigenvalue weighted by molar-refractivity contribution is -0.385. The quantitative estimate of drug-likeness (QED) is 0.476. The Morgan fingerprint density at radius 2 is 1.95 bits per heavy atom. The molecule has 0 aromatic heterocycles. The van der Waals surface area contributed by atoms with Gasteiger partial charge in [-0.3, -0.25) is 14.9 Å². The van der Waals surface area contributed by atoms with Crippen LogP contribution in [0.1, 0.15) is 15.9 Å². The van der Waals surface area contributed by atoms with Gasteiger partial charge in [0.2, 0.25) is 5.75 Å². The van der Waals surface area contributed by atoms with Gasteiger partial charge in [-0.05, 0) is 30.3 Å². The van der Waals surface area contributed by atoms with Crippen LogP contribution in [0.3, 0.4) is 0 Å². The number of benzene rings is 2. The Morgan fingerprint density at radius 1 is 1.24 bits per heavy atom. The van der Waals surface area contributed by atoms with Gasteiger partial charge in [0, 0.05) is 10.5 Å². The Hall–Kier alpha value is -2.72. The Balaban J connectivity index is 2.47. The van der Waals surface area contributed by atoms with E-state index in [1.165, 1.54) is 24.3 Å². The lowest BCUT2D eigenvalue weighted by Gasteiger charge is -2.08. The Bertz CT molecular complexity index is 768. The van der Waals surface area contributed by atoms with E-state index in [0.717, 1.165) is 6.07 Å². The number of nitriles is 1. The van der Waals surface area contributed by atoms with E-state index in [2.05, 4.69) is 15.9 Å². The lowest BCUT2D eigenvalue weighted by atomic mass is 10.2. The van der Waals surface area contributed by atoms with Gasteiger partial charge in [-0.15, -0.1) is 0 Å². The number of ether oxygens (including phenoxy) is 1. The van der Waals surface area contributed by atoms with E-state index < -0.39 is 4.92 Å². The molecule has 6 nitrogen and oxygen atoms in total. The number of hydrogen-bond donors (Lipinski definition) is 0. The molecular formula is C14H7BrN2O4. The van der Waals surface area contributed by atoms with Crippen LogP contribution in [0.15, 0.2) is 40.9 Å². The van der Waals surface area contributed by atoms with E-state index in [0.29, 0.717) is 10.8 Å². The van der Waals surface area contributed by atoms with Crippen molar-refractivity contribution in [1.82, 2.24) is 0 Å². The maximum Gasteiger partial charge on any atom is 0.312 e. The van der Waals surface area contributed by atoms with Crippen LogP contribution in [0.2, 0.25) is 0 Å². The molecule has 0 heterocycles. The predicted octanol–water partition coefficient (Wildman–Crippen LogP) is 3.83. The number of hydrogen-bond acceptors (Lipinski definition) is 5. The van der Waals surface area contributed by atoms with Crippen LogP contribution in [-0.2, 0) is 0 Å². The van der Waals surface area contributed by atoms with Crippen molar-refractivity contribution >= 4 is 27.9 Å². The second kappa shape index (κ2) is 6.15. The van der Waals surface area contributed by atoms with Gasteiger partial charge in [0.05, 0.1) is 22.1 Å². The summed E-state index contributed by atoms with van der Waals surface area (Å²) in [6.07, 6.45) is 0.593. The molecular weight excluding hydrogens is 340 g/mol. The summed E-state index contributed by atoms with van der Waals surface area (Å²) in [5, 5.41) is 19.8. The highest BCUT2D eigenvalue weighted by atomic mass is 79.9. The second-order valence-electron chi connectivity index (χ2n) is 3.95. The zero-order chi connectivity index (χ0) is 15.4. The molecule has 0 bridgehead atoms. The molecule has 0 saturated carbocycles. The predicted molar refractivity (Wildman–Crippen MR) is 77.4 cm³/mol. The van der Waals surface area contributed by atoms with Crippen molar-refractivity contribution in [1.29, 1.82) is 5.26 Å². The molecule has 0 N–H and O–H groups in total. The minimum atomic E-state index is -0.643. The maximum absolute atomic E-state index is 11.0. The summed E-state index contributed by atoms with van der Waals surface area (Å²) in [5.41, 5.74) is 0.0670. The van der Waals surface area contributed by atoms with Crippen molar-refractivity contribution in [2.75, 3.05) is 0 Å². The largest absolute Gasteiger partial charge is 0.449 e. The third-order valence-electron chi connectivity index (χ3n) is 2.60. The van der Waals surface area contributed by atoms with Gasteiger partial charge in [0.25, 0.3) is 0 Å². The van der Waals surface area contributed by atoms with Crippen LogP contribution in [0.25, 0.3) is 0 Å². The van der Waals surface area contributed by atoms with Crippen molar-refractivity contribution in [2.24, 2.45) is 0 Å². The third-order valence-corrected chi connectivity index (χ3v) is 3.10. The highest BCUT2D eigenvalue weighted by Crippen LogP contribution is 2.34. The van der Waals surface area contributed by atoms with Crippen LogP contribution < -0.4 is 4.74 Å². The van der Waals surface area contributed by atoms with Gasteiger partial charge in [-0.1, -0.05) is 15.9 Å². The van der Waals surface area contributed by atoms with E-state index in [9.17, 15) is 14.9 Å². The summed E-state index contributed by atoms with van der Waals surface area (Å²) in [4.78, 5) is 21.4. The summed E-state index contributed by atoms with van der Waals surface area (Å²) in [5.74, 6) is 0.158. The summed E-state index contributed by atoms with van der Waals surface area (Å²) in [6, 6.07) is 10.4.